The molecule has 0 aromatic heterocycles. The van der Waals surface area contributed by atoms with E-state index in [-0.39, 0.29) is 31.6 Å². The predicted octanol–water partition coefficient (Wildman–Crippen LogP) is 3.74. The van der Waals surface area contributed by atoms with E-state index in [1.54, 1.807) is 6.08 Å². The van der Waals surface area contributed by atoms with Crippen LogP contribution < -0.4 is 9.47 Å². The fourth-order valence-electron chi connectivity index (χ4n) is 2.66. The zero-order valence-electron chi connectivity index (χ0n) is 15.1. The van der Waals surface area contributed by atoms with Crippen LogP contribution in [0.3, 0.4) is 0 Å². The molecular weight excluding hydrogens is 386 g/mol. The van der Waals surface area contributed by atoms with E-state index in [9.17, 15) is 9.59 Å². The van der Waals surface area contributed by atoms with Crippen LogP contribution in [0.5, 0.6) is 11.5 Å². The average Bonchev–Trinajstić information content (AvgIpc) is 3.22. The lowest BCUT2D eigenvalue weighted by molar-refractivity contribution is -0.144. The Morgan fingerprint density at radius 2 is 2.15 bits per heavy atom. The minimum atomic E-state index is -0.306. The fourth-order valence-corrected chi connectivity index (χ4v) is 3.97. The van der Waals surface area contributed by atoms with E-state index in [4.69, 9.17) is 26.4 Å². The number of benzene rings is 1. The maximum atomic E-state index is 12.6. The maximum absolute atomic E-state index is 12.6. The molecule has 1 fully saturated rings. The van der Waals surface area contributed by atoms with Gasteiger partial charge in [-0.2, -0.15) is 0 Å². The number of thioether (sulfide) groups is 1. The Balaban J connectivity index is 1.56. The van der Waals surface area contributed by atoms with Gasteiger partial charge in [-0.3, -0.25) is 14.5 Å². The summed E-state index contributed by atoms with van der Waals surface area (Å²) in [6.45, 7) is 2.95. The van der Waals surface area contributed by atoms with Crippen LogP contribution in [0.15, 0.2) is 23.1 Å². The van der Waals surface area contributed by atoms with Gasteiger partial charge >= 0.3 is 5.97 Å². The summed E-state index contributed by atoms with van der Waals surface area (Å²) >= 11 is 6.53. The minimum absolute atomic E-state index is 0.135. The van der Waals surface area contributed by atoms with Crippen molar-refractivity contribution in [1.82, 2.24) is 4.90 Å². The van der Waals surface area contributed by atoms with Gasteiger partial charge in [0.05, 0.1) is 17.9 Å². The van der Waals surface area contributed by atoms with E-state index in [1.807, 2.05) is 18.2 Å². The number of unbranched alkanes of at least 4 members (excludes halogenated alkanes) is 2. The Hall–Kier alpha value is -2.06. The molecule has 0 atom stereocenters. The Morgan fingerprint density at radius 1 is 1.33 bits per heavy atom. The van der Waals surface area contributed by atoms with E-state index in [0.717, 1.165) is 24.8 Å². The number of ether oxygens (including phenoxy) is 3. The van der Waals surface area contributed by atoms with Gasteiger partial charge in [0, 0.05) is 6.54 Å². The molecule has 0 saturated carbocycles. The highest BCUT2D eigenvalue weighted by Crippen LogP contribution is 2.36. The van der Waals surface area contributed by atoms with Crippen molar-refractivity contribution in [3.05, 3.63) is 28.7 Å². The van der Waals surface area contributed by atoms with Gasteiger partial charge in [-0.05, 0) is 30.2 Å². The van der Waals surface area contributed by atoms with Crippen LogP contribution in [0, 0.1) is 0 Å². The summed E-state index contributed by atoms with van der Waals surface area (Å²) in [5.41, 5.74) is 0.829. The molecule has 0 radical (unpaired) electrons. The van der Waals surface area contributed by atoms with E-state index in [2.05, 4.69) is 6.92 Å². The first-order valence-corrected chi connectivity index (χ1v) is 10.1. The zero-order chi connectivity index (χ0) is 19.2. The number of thiocarbonyl (C=S) groups is 1. The molecule has 2 heterocycles. The topological polar surface area (TPSA) is 65.1 Å². The summed E-state index contributed by atoms with van der Waals surface area (Å²) in [6.07, 6.45) is 4.87. The molecule has 8 heteroatoms. The SMILES string of the molecule is CCCCCOC(=O)CCN1C(=O)/C(=C/c2ccc3c(c2)OCO3)SC1=S. The fraction of sp³-hybridized carbons (Fsp3) is 0.421. The monoisotopic (exact) mass is 407 g/mol. The first-order chi connectivity index (χ1) is 13.1. The summed E-state index contributed by atoms with van der Waals surface area (Å²) in [5.74, 6) is 0.851. The van der Waals surface area contributed by atoms with Gasteiger partial charge in [0.1, 0.15) is 4.32 Å². The lowest BCUT2D eigenvalue weighted by Crippen LogP contribution is -2.30. The Labute approximate surface area is 167 Å². The van der Waals surface area contributed by atoms with Crippen molar-refractivity contribution in [2.24, 2.45) is 0 Å². The number of esters is 1. The summed E-state index contributed by atoms with van der Waals surface area (Å²) < 4.78 is 16.3. The first-order valence-electron chi connectivity index (χ1n) is 8.89. The highest BCUT2D eigenvalue weighted by Gasteiger charge is 2.32. The number of rotatable bonds is 8. The smallest absolute Gasteiger partial charge is 0.307 e. The molecule has 1 aromatic carbocycles. The number of carbonyl (C=O) groups is 2. The molecule has 1 aromatic rings. The molecule has 1 saturated heterocycles. The third kappa shape index (κ3) is 5.01. The number of amides is 1. The van der Waals surface area contributed by atoms with Crippen molar-refractivity contribution in [3.8, 4) is 11.5 Å². The van der Waals surface area contributed by atoms with Crippen LogP contribution in [0.2, 0.25) is 0 Å². The van der Waals surface area contributed by atoms with Crippen molar-refractivity contribution < 1.29 is 23.8 Å². The Morgan fingerprint density at radius 3 is 2.96 bits per heavy atom. The van der Waals surface area contributed by atoms with E-state index in [1.165, 1.54) is 16.7 Å². The summed E-state index contributed by atoms with van der Waals surface area (Å²) in [6, 6.07) is 5.49. The van der Waals surface area contributed by atoms with Gasteiger partial charge in [-0.25, -0.2) is 0 Å². The number of carbonyl (C=O) groups excluding carboxylic acids is 2. The number of hydrogen-bond donors (Lipinski definition) is 0. The molecule has 0 aliphatic carbocycles. The van der Waals surface area contributed by atoms with Crippen molar-refractivity contribution >= 4 is 46.3 Å². The second-order valence-corrected chi connectivity index (χ2v) is 7.80. The zero-order valence-corrected chi connectivity index (χ0v) is 16.7. The third-order valence-electron chi connectivity index (χ3n) is 4.12. The summed E-state index contributed by atoms with van der Waals surface area (Å²) in [4.78, 5) is 26.4. The van der Waals surface area contributed by atoms with E-state index >= 15 is 0 Å². The Bertz CT molecular complexity index is 777. The van der Waals surface area contributed by atoms with Crippen molar-refractivity contribution in [3.63, 3.8) is 0 Å². The molecule has 2 aliphatic heterocycles. The number of hydrogen-bond acceptors (Lipinski definition) is 7. The van der Waals surface area contributed by atoms with Crippen LogP contribution in [0.4, 0.5) is 0 Å². The second kappa shape index (κ2) is 9.23. The van der Waals surface area contributed by atoms with Crippen molar-refractivity contribution in [1.29, 1.82) is 0 Å². The first kappa shape index (κ1) is 19.7. The van der Waals surface area contributed by atoms with Crippen molar-refractivity contribution in [2.45, 2.75) is 32.6 Å². The molecule has 27 heavy (non-hydrogen) atoms. The van der Waals surface area contributed by atoms with Gasteiger partial charge in [0.15, 0.2) is 11.5 Å². The summed E-state index contributed by atoms with van der Waals surface area (Å²) in [5, 5.41) is 0. The highest BCUT2D eigenvalue weighted by atomic mass is 32.2. The molecule has 1 amide bonds. The lowest BCUT2D eigenvalue weighted by atomic mass is 10.2. The molecular formula is C19H21NO5S2. The highest BCUT2D eigenvalue weighted by molar-refractivity contribution is 8.26. The summed E-state index contributed by atoms with van der Waals surface area (Å²) in [7, 11) is 0. The van der Waals surface area contributed by atoms with E-state index < -0.39 is 0 Å². The molecule has 144 valence electrons. The number of nitrogens with zero attached hydrogens (tertiary/aromatic N) is 1. The maximum Gasteiger partial charge on any atom is 0.307 e. The molecule has 6 nitrogen and oxygen atoms in total. The van der Waals surface area contributed by atoms with Gasteiger partial charge in [0.25, 0.3) is 5.91 Å². The van der Waals surface area contributed by atoms with E-state index in [0.29, 0.717) is 27.3 Å². The lowest BCUT2D eigenvalue weighted by Gasteiger charge is -2.13. The Kier molecular flexibility index (Phi) is 6.73. The predicted molar refractivity (Wildman–Crippen MR) is 108 cm³/mol. The van der Waals surface area contributed by atoms with Crippen LogP contribution in [-0.4, -0.2) is 41.0 Å². The van der Waals surface area contributed by atoms with Crippen LogP contribution >= 0.6 is 24.0 Å². The van der Waals surface area contributed by atoms with Crippen LogP contribution in [0.1, 0.15) is 38.2 Å². The number of fused-ring (bicyclic) bond motifs is 1. The molecule has 3 rings (SSSR count). The molecule has 0 unspecified atom stereocenters. The van der Waals surface area contributed by atoms with Crippen LogP contribution in [0.25, 0.3) is 6.08 Å². The van der Waals surface area contributed by atoms with Gasteiger partial charge in [-0.15, -0.1) is 0 Å². The third-order valence-corrected chi connectivity index (χ3v) is 5.50. The molecule has 0 N–H and O–H groups in total. The normalized spacial score (nSPS) is 17.1. The quantitative estimate of drug-likeness (QED) is 0.281. The molecule has 0 bridgehead atoms. The molecule has 2 aliphatic rings. The largest absolute Gasteiger partial charge is 0.466 e. The standard InChI is InChI=1S/C19H21NO5S2/c1-2-3-4-9-23-17(21)7-8-20-18(22)16(27-19(20)26)11-13-5-6-14-15(10-13)25-12-24-14/h5-6,10-11H,2-4,7-9,12H2,1H3/b16-11-. The van der Waals surface area contributed by atoms with Crippen LogP contribution in [-0.2, 0) is 14.3 Å². The minimum Gasteiger partial charge on any atom is -0.466 e. The van der Waals surface area contributed by atoms with Crippen molar-refractivity contribution in [2.75, 3.05) is 19.9 Å². The average molecular weight is 408 g/mol. The second-order valence-electron chi connectivity index (χ2n) is 6.12. The van der Waals surface area contributed by atoms with Gasteiger partial charge < -0.3 is 14.2 Å². The van der Waals surface area contributed by atoms with Gasteiger partial charge in [-0.1, -0.05) is 49.8 Å². The van der Waals surface area contributed by atoms with Gasteiger partial charge in [0.2, 0.25) is 6.79 Å². The molecule has 0 spiro atoms.